The van der Waals surface area contributed by atoms with Crippen molar-refractivity contribution in [2.75, 3.05) is 7.11 Å². The quantitative estimate of drug-likeness (QED) is 0.667. The van der Waals surface area contributed by atoms with Crippen molar-refractivity contribution >= 4 is 16.8 Å². The Hall–Kier alpha value is -2.55. The highest BCUT2D eigenvalue weighted by atomic mass is 16.5. The van der Waals surface area contributed by atoms with Crippen molar-refractivity contribution in [2.24, 2.45) is 0 Å². The highest BCUT2D eigenvalue weighted by molar-refractivity contribution is 6.09. The molecule has 0 bridgehead atoms. The molecule has 0 aliphatic carbocycles. The fraction of sp³-hybridized carbons (Fsp3) is 0.0625. The third-order valence-corrected chi connectivity index (χ3v) is 2.99. The molecule has 0 saturated heterocycles. The molecule has 0 radical (unpaired) electrons. The first-order valence-electron chi connectivity index (χ1n) is 5.95. The zero-order chi connectivity index (χ0) is 13.2. The minimum atomic E-state index is -0.115. The zero-order valence-corrected chi connectivity index (χ0v) is 10.4. The van der Waals surface area contributed by atoms with Gasteiger partial charge in [-0.15, -0.1) is 0 Å². The molecule has 0 unspecified atom stereocenters. The number of ketones is 1. The number of methoxy groups -OCH3 is 1. The lowest BCUT2D eigenvalue weighted by Crippen LogP contribution is -1.98. The van der Waals surface area contributed by atoms with Gasteiger partial charge in [-0.1, -0.05) is 30.3 Å². The molecule has 0 saturated carbocycles. The number of carbonyl (C=O) groups is 1. The maximum atomic E-state index is 12.2. The Balaban J connectivity index is 2.04. The average molecular weight is 252 g/mol. The molecule has 2 aromatic carbocycles. The van der Waals surface area contributed by atoms with Crippen LogP contribution in [0.3, 0.4) is 0 Å². The van der Waals surface area contributed by atoms with Crippen molar-refractivity contribution < 1.29 is 13.9 Å². The maximum absolute atomic E-state index is 12.2. The Labute approximate surface area is 110 Å². The SMILES string of the molecule is COc1ccc2cc(C(=O)c3ccccc3)oc2c1. The van der Waals surface area contributed by atoms with Gasteiger partial charge in [0.25, 0.3) is 0 Å². The van der Waals surface area contributed by atoms with Gasteiger partial charge in [-0.05, 0) is 18.2 Å². The average Bonchev–Trinajstić information content (AvgIpc) is 2.90. The lowest BCUT2D eigenvalue weighted by Gasteiger charge is -1.97. The molecule has 0 aliphatic heterocycles. The summed E-state index contributed by atoms with van der Waals surface area (Å²) < 4.78 is 10.7. The van der Waals surface area contributed by atoms with Crippen LogP contribution >= 0.6 is 0 Å². The molecule has 19 heavy (non-hydrogen) atoms. The summed E-state index contributed by atoms with van der Waals surface area (Å²) in [5, 5.41) is 0.889. The summed E-state index contributed by atoms with van der Waals surface area (Å²) >= 11 is 0. The van der Waals surface area contributed by atoms with E-state index >= 15 is 0 Å². The van der Waals surface area contributed by atoms with Crippen LogP contribution in [0.5, 0.6) is 5.75 Å². The molecule has 1 aromatic heterocycles. The van der Waals surface area contributed by atoms with Crippen molar-refractivity contribution in [1.29, 1.82) is 0 Å². The van der Waals surface area contributed by atoms with E-state index in [1.165, 1.54) is 0 Å². The Kier molecular flexibility index (Phi) is 2.80. The first-order valence-corrected chi connectivity index (χ1v) is 5.95. The molecule has 0 N–H and O–H groups in total. The van der Waals surface area contributed by atoms with Crippen molar-refractivity contribution in [3.8, 4) is 5.75 Å². The van der Waals surface area contributed by atoms with E-state index in [0.717, 1.165) is 5.39 Å². The second kappa shape index (κ2) is 4.61. The monoisotopic (exact) mass is 252 g/mol. The second-order valence-corrected chi connectivity index (χ2v) is 4.21. The first-order chi connectivity index (χ1) is 9.28. The molecule has 0 aliphatic rings. The van der Waals surface area contributed by atoms with Crippen molar-refractivity contribution in [3.05, 3.63) is 65.9 Å². The molecular formula is C16H12O3. The number of hydrogen-bond acceptors (Lipinski definition) is 3. The van der Waals surface area contributed by atoms with Crippen molar-refractivity contribution in [3.63, 3.8) is 0 Å². The maximum Gasteiger partial charge on any atom is 0.228 e. The van der Waals surface area contributed by atoms with Crippen LogP contribution in [-0.4, -0.2) is 12.9 Å². The third kappa shape index (κ3) is 2.10. The van der Waals surface area contributed by atoms with Crippen LogP contribution < -0.4 is 4.74 Å². The van der Waals surface area contributed by atoms with Gasteiger partial charge in [-0.3, -0.25) is 4.79 Å². The number of ether oxygens (including phenoxy) is 1. The van der Waals surface area contributed by atoms with Gasteiger partial charge in [-0.25, -0.2) is 0 Å². The van der Waals surface area contributed by atoms with Gasteiger partial charge in [0.05, 0.1) is 7.11 Å². The third-order valence-electron chi connectivity index (χ3n) is 2.99. The topological polar surface area (TPSA) is 39.4 Å². The Bertz CT molecular complexity index is 726. The fourth-order valence-electron chi connectivity index (χ4n) is 1.98. The highest BCUT2D eigenvalue weighted by Crippen LogP contribution is 2.25. The smallest absolute Gasteiger partial charge is 0.228 e. The minimum absolute atomic E-state index is 0.115. The van der Waals surface area contributed by atoms with Crippen LogP contribution in [-0.2, 0) is 0 Å². The number of benzene rings is 2. The summed E-state index contributed by atoms with van der Waals surface area (Å²) in [6.07, 6.45) is 0. The molecule has 3 nitrogen and oxygen atoms in total. The van der Waals surface area contributed by atoms with E-state index in [9.17, 15) is 4.79 Å². The van der Waals surface area contributed by atoms with E-state index in [-0.39, 0.29) is 5.78 Å². The van der Waals surface area contributed by atoms with E-state index in [4.69, 9.17) is 9.15 Å². The molecule has 3 rings (SSSR count). The Morgan fingerprint density at radius 3 is 2.58 bits per heavy atom. The Morgan fingerprint density at radius 2 is 1.84 bits per heavy atom. The summed E-state index contributed by atoms with van der Waals surface area (Å²) in [7, 11) is 1.60. The number of furan rings is 1. The van der Waals surface area contributed by atoms with E-state index in [2.05, 4.69) is 0 Å². The van der Waals surface area contributed by atoms with Gasteiger partial charge >= 0.3 is 0 Å². The fourth-order valence-corrected chi connectivity index (χ4v) is 1.98. The van der Waals surface area contributed by atoms with Gasteiger partial charge in [0.15, 0.2) is 5.76 Å². The largest absolute Gasteiger partial charge is 0.497 e. The zero-order valence-electron chi connectivity index (χ0n) is 10.4. The highest BCUT2D eigenvalue weighted by Gasteiger charge is 2.14. The van der Waals surface area contributed by atoms with E-state index < -0.39 is 0 Å². The van der Waals surface area contributed by atoms with Gasteiger partial charge in [0.2, 0.25) is 5.78 Å². The molecular weight excluding hydrogens is 240 g/mol. The number of rotatable bonds is 3. The van der Waals surface area contributed by atoms with Crippen LogP contribution in [0.1, 0.15) is 16.1 Å². The second-order valence-electron chi connectivity index (χ2n) is 4.21. The van der Waals surface area contributed by atoms with Gasteiger partial charge in [-0.2, -0.15) is 0 Å². The van der Waals surface area contributed by atoms with Crippen LogP contribution in [0, 0.1) is 0 Å². The lowest BCUT2D eigenvalue weighted by molar-refractivity contribution is 0.101. The summed E-state index contributed by atoms with van der Waals surface area (Å²) in [6.45, 7) is 0. The standard InChI is InChI=1S/C16H12O3/c1-18-13-8-7-12-9-15(19-14(12)10-13)16(17)11-5-3-2-4-6-11/h2-10H,1H3. The van der Waals surface area contributed by atoms with Gasteiger partial charge in [0, 0.05) is 17.0 Å². The minimum Gasteiger partial charge on any atom is -0.497 e. The summed E-state index contributed by atoms with van der Waals surface area (Å²) in [6, 6.07) is 16.3. The summed E-state index contributed by atoms with van der Waals surface area (Å²) in [5.74, 6) is 0.936. The molecule has 0 amide bonds. The number of carbonyl (C=O) groups excluding carboxylic acids is 1. The molecule has 0 atom stereocenters. The number of fused-ring (bicyclic) bond motifs is 1. The molecule has 3 heteroatoms. The van der Waals surface area contributed by atoms with E-state index in [0.29, 0.717) is 22.7 Å². The van der Waals surface area contributed by atoms with Crippen molar-refractivity contribution in [2.45, 2.75) is 0 Å². The van der Waals surface area contributed by atoms with Gasteiger partial charge < -0.3 is 9.15 Å². The van der Waals surface area contributed by atoms with Crippen molar-refractivity contribution in [1.82, 2.24) is 0 Å². The van der Waals surface area contributed by atoms with E-state index in [1.807, 2.05) is 30.3 Å². The molecule has 0 spiro atoms. The molecule has 3 aromatic rings. The predicted molar refractivity (Wildman–Crippen MR) is 72.6 cm³/mol. The van der Waals surface area contributed by atoms with Crippen LogP contribution in [0.15, 0.2) is 59.0 Å². The van der Waals surface area contributed by atoms with Gasteiger partial charge in [0.1, 0.15) is 11.3 Å². The van der Waals surface area contributed by atoms with E-state index in [1.54, 1.807) is 31.4 Å². The summed E-state index contributed by atoms with van der Waals surface area (Å²) in [4.78, 5) is 12.2. The van der Waals surface area contributed by atoms with Crippen LogP contribution in [0.4, 0.5) is 0 Å². The molecule has 94 valence electrons. The Morgan fingerprint density at radius 1 is 1.05 bits per heavy atom. The van der Waals surface area contributed by atoms with Crippen LogP contribution in [0.25, 0.3) is 11.0 Å². The predicted octanol–water partition coefficient (Wildman–Crippen LogP) is 3.67. The number of hydrogen-bond donors (Lipinski definition) is 0. The van der Waals surface area contributed by atoms with Crippen LogP contribution in [0.2, 0.25) is 0 Å². The lowest BCUT2D eigenvalue weighted by atomic mass is 10.1. The molecule has 1 heterocycles. The normalized spacial score (nSPS) is 10.6. The summed E-state index contributed by atoms with van der Waals surface area (Å²) in [5.41, 5.74) is 1.27. The first kappa shape index (κ1) is 11.5. The molecule has 0 fully saturated rings.